The van der Waals surface area contributed by atoms with Crippen molar-refractivity contribution in [3.63, 3.8) is 0 Å². The highest BCUT2D eigenvalue weighted by atomic mass is 16.5. The number of hydrogen-bond donors (Lipinski definition) is 3. The Morgan fingerprint density at radius 3 is 2.00 bits per heavy atom. The summed E-state index contributed by atoms with van der Waals surface area (Å²) < 4.78 is 15.8. The Bertz CT molecular complexity index is 826. The van der Waals surface area contributed by atoms with Crippen LogP contribution in [0.25, 0.3) is 0 Å². The third-order valence-corrected chi connectivity index (χ3v) is 4.47. The van der Waals surface area contributed by atoms with Gasteiger partial charge in [0.1, 0.15) is 0 Å². The van der Waals surface area contributed by atoms with E-state index in [0.29, 0.717) is 34.9 Å². The first kappa shape index (κ1) is 22.9. The van der Waals surface area contributed by atoms with Crippen molar-refractivity contribution in [3.8, 4) is 17.2 Å². The molecule has 0 aromatic heterocycles. The summed E-state index contributed by atoms with van der Waals surface area (Å²) in [7, 11) is 4.50. The lowest BCUT2D eigenvalue weighted by Crippen LogP contribution is -2.12. The summed E-state index contributed by atoms with van der Waals surface area (Å²) in [4.78, 5) is 23.1. The molecule has 2 rings (SSSR count). The van der Waals surface area contributed by atoms with Crippen LogP contribution < -0.4 is 24.8 Å². The summed E-state index contributed by atoms with van der Waals surface area (Å²) in [6.07, 6.45) is 2.65. The van der Waals surface area contributed by atoms with Crippen molar-refractivity contribution in [2.45, 2.75) is 25.7 Å². The maximum Gasteiger partial charge on any atom is 0.303 e. The standard InChI is InChI=1S/C22H28N2O6/c1-28-18-13-15(14-19(29-2)21(18)30-3)22(27)24-17-10-8-16(9-11-17)23-12-6-4-5-7-20(25)26/h8-11,13-14,23H,4-7,12H2,1-3H3,(H,24,27)(H,25,26). The smallest absolute Gasteiger partial charge is 0.303 e. The van der Waals surface area contributed by atoms with Gasteiger partial charge in [-0.3, -0.25) is 9.59 Å². The lowest BCUT2D eigenvalue weighted by atomic mass is 10.1. The number of carbonyl (C=O) groups is 2. The molecule has 0 aliphatic rings. The number of carboxylic acid groups (broad SMARTS) is 1. The molecule has 162 valence electrons. The molecule has 2 aromatic rings. The third kappa shape index (κ3) is 6.58. The number of carbonyl (C=O) groups excluding carboxylic acids is 1. The van der Waals surface area contributed by atoms with Gasteiger partial charge in [-0.1, -0.05) is 6.42 Å². The number of nitrogens with one attached hydrogen (secondary N) is 2. The first-order valence-corrected chi connectivity index (χ1v) is 9.65. The number of amides is 1. The number of carboxylic acids is 1. The normalized spacial score (nSPS) is 10.2. The number of aliphatic carboxylic acids is 1. The predicted molar refractivity (Wildman–Crippen MR) is 115 cm³/mol. The molecule has 30 heavy (non-hydrogen) atoms. The zero-order chi connectivity index (χ0) is 21.9. The number of anilines is 2. The maximum absolute atomic E-state index is 12.6. The lowest BCUT2D eigenvalue weighted by Gasteiger charge is -2.14. The van der Waals surface area contributed by atoms with Crippen molar-refractivity contribution in [2.75, 3.05) is 38.5 Å². The van der Waals surface area contributed by atoms with E-state index in [0.717, 1.165) is 25.1 Å². The van der Waals surface area contributed by atoms with Gasteiger partial charge in [-0.05, 0) is 49.2 Å². The van der Waals surface area contributed by atoms with E-state index in [1.807, 2.05) is 24.3 Å². The molecule has 0 aliphatic carbocycles. The van der Waals surface area contributed by atoms with E-state index < -0.39 is 5.97 Å². The molecule has 0 atom stereocenters. The molecule has 1 amide bonds. The van der Waals surface area contributed by atoms with Crippen LogP contribution in [0.5, 0.6) is 17.2 Å². The van der Waals surface area contributed by atoms with E-state index in [1.54, 1.807) is 12.1 Å². The average molecular weight is 416 g/mol. The quantitative estimate of drug-likeness (QED) is 0.449. The topological polar surface area (TPSA) is 106 Å². The summed E-state index contributed by atoms with van der Waals surface area (Å²) in [5.41, 5.74) is 1.97. The zero-order valence-electron chi connectivity index (χ0n) is 17.5. The summed E-state index contributed by atoms with van der Waals surface area (Å²) in [5, 5.41) is 14.7. The Hall–Kier alpha value is -3.42. The van der Waals surface area contributed by atoms with E-state index >= 15 is 0 Å². The van der Waals surface area contributed by atoms with Crippen molar-refractivity contribution in [3.05, 3.63) is 42.0 Å². The van der Waals surface area contributed by atoms with Crippen LogP contribution in [-0.4, -0.2) is 44.9 Å². The zero-order valence-corrected chi connectivity index (χ0v) is 17.5. The fourth-order valence-electron chi connectivity index (χ4n) is 2.90. The van der Waals surface area contributed by atoms with Crippen molar-refractivity contribution in [1.82, 2.24) is 0 Å². The van der Waals surface area contributed by atoms with Gasteiger partial charge in [0.25, 0.3) is 5.91 Å². The van der Waals surface area contributed by atoms with E-state index in [-0.39, 0.29) is 12.3 Å². The highest BCUT2D eigenvalue weighted by Crippen LogP contribution is 2.38. The Morgan fingerprint density at radius 1 is 0.867 bits per heavy atom. The second-order valence-corrected chi connectivity index (χ2v) is 6.58. The highest BCUT2D eigenvalue weighted by molar-refractivity contribution is 6.05. The van der Waals surface area contributed by atoms with Crippen molar-refractivity contribution >= 4 is 23.3 Å². The minimum atomic E-state index is -0.757. The molecule has 8 heteroatoms. The van der Waals surface area contributed by atoms with E-state index in [1.165, 1.54) is 21.3 Å². The SMILES string of the molecule is COc1cc(C(=O)Nc2ccc(NCCCCCC(=O)O)cc2)cc(OC)c1OC. The Morgan fingerprint density at radius 2 is 1.47 bits per heavy atom. The van der Waals surface area contributed by atoms with Gasteiger partial charge < -0.3 is 30.0 Å². The first-order valence-electron chi connectivity index (χ1n) is 9.65. The molecule has 0 spiro atoms. The van der Waals surface area contributed by atoms with E-state index in [9.17, 15) is 9.59 Å². The van der Waals surface area contributed by atoms with E-state index in [2.05, 4.69) is 10.6 Å². The second kappa shape index (κ2) is 11.5. The lowest BCUT2D eigenvalue weighted by molar-refractivity contribution is -0.137. The molecular weight excluding hydrogens is 388 g/mol. The number of ether oxygens (including phenoxy) is 3. The van der Waals surface area contributed by atoms with Gasteiger partial charge >= 0.3 is 5.97 Å². The molecule has 0 radical (unpaired) electrons. The van der Waals surface area contributed by atoms with Gasteiger partial charge in [0, 0.05) is 29.9 Å². The molecule has 2 aromatic carbocycles. The summed E-state index contributed by atoms with van der Waals surface area (Å²) >= 11 is 0. The largest absolute Gasteiger partial charge is 0.493 e. The van der Waals surface area contributed by atoms with Crippen LogP contribution in [-0.2, 0) is 4.79 Å². The van der Waals surface area contributed by atoms with Crippen LogP contribution in [0.3, 0.4) is 0 Å². The molecular formula is C22H28N2O6. The second-order valence-electron chi connectivity index (χ2n) is 6.58. The molecule has 0 saturated carbocycles. The molecule has 0 unspecified atom stereocenters. The number of methoxy groups -OCH3 is 3. The molecule has 3 N–H and O–H groups in total. The van der Waals surface area contributed by atoms with Gasteiger partial charge in [-0.25, -0.2) is 0 Å². The minimum absolute atomic E-state index is 0.209. The summed E-state index contributed by atoms with van der Waals surface area (Å²) in [5.74, 6) is 0.185. The van der Waals surface area contributed by atoms with Crippen molar-refractivity contribution in [2.24, 2.45) is 0 Å². The first-order chi connectivity index (χ1) is 14.5. The van der Waals surface area contributed by atoms with Gasteiger partial charge in [0.05, 0.1) is 21.3 Å². The molecule has 0 bridgehead atoms. The maximum atomic E-state index is 12.6. The van der Waals surface area contributed by atoms with Gasteiger partial charge in [0.15, 0.2) is 11.5 Å². The van der Waals surface area contributed by atoms with Crippen LogP contribution >= 0.6 is 0 Å². The fourth-order valence-corrected chi connectivity index (χ4v) is 2.90. The summed E-state index contributed by atoms with van der Waals surface area (Å²) in [6, 6.07) is 10.6. The molecule has 8 nitrogen and oxygen atoms in total. The van der Waals surface area contributed by atoms with Crippen LogP contribution in [0.4, 0.5) is 11.4 Å². The monoisotopic (exact) mass is 416 g/mol. The highest BCUT2D eigenvalue weighted by Gasteiger charge is 2.17. The third-order valence-electron chi connectivity index (χ3n) is 4.47. The summed E-state index contributed by atoms with van der Waals surface area (Å²) in [6.45, 7) is 0.761. The predicted octanol–water partition coefficient (Wildman–Crippen LogP) is 4.02. The van der Waals surface area contributed by atoms with Crippen molar-refractivity contribution in [1.29, 1.82) is 0 Å². The molecule has 0 fully saturated rings. The molecule has 0 aliphatic heterocycles. The van der Waals surface area contributed by atoms with Gasteiger partial charge in [-0.2, -0.15) is 0 Å². The number of unbranched alkanes of at least 4 members (excludes halogenated alkanes) is 2. The minimum Gasteiger partial charge on any atom is -0.493 e. The van der Waals surface area contributed by atoms with Crippen LogP contribution in [0.1, 0.15) is 36.0 Å². The Labute approximate surface area is 176 Å². The van der Waals surface area contributed by atoms with Crippen molar-refractivity contribution < 1.29 is 28.9 Å². The van der Waals surface area contributed by atoms with Crippen LogP contribution in [0.2, 0.25) is 0 Å². The van der Waals surface area contributed by atoms with E-state index in [4.69, 9.17) is 19.3 Å². The number of hydrogen-bond acceptors (Lipinski definition) is 6. The van der Waals surface area contributed by atoms with Gasteiger partial charge in [-0.15, -0.1) is 0 Å². The number of rotatable bonds is 12. The molecule has 0 heterocycles. The van der Waals surface area contributed by atoms with Crippen LogP contribution in [0.15, 0.2) is 36.4 Å². The Balaban J connectivity index is 1.92. The number of benzene rings is 2. The molecule has 0 saturated heterocycles. The fraction of sp³-hybridized carbons (Fsp3) is 0.364. The average Bonchev–Trinajstić information content (AvgIpc) is 2.75. The Kier molecular flexibility index (Phi) is 8.80. The van der Waals surface area contributed by atoms with Crippen LogP contribution in [0, 0.1) is 0 Å². The van der Waals surface area contributed by atoms with Gasteiger partial charge in [0.2, 0.25) is 5.75 Å².